The van der Waals surface area contributed by atoms with Gasteiger partial charge in [-0.3, -0.25) is 4.98 Å². The minimum absolute atomic E-state index is 0.269. The number of aliphatic hydroxyl groups excluding tert-OH is 1. The highest BCUT2D eigenvalue weighted by molar-refractivity contribution is 5.83. The Morgan fingerprint density at radius 1 is 1.27 bits per heavy atom. The van der Waals surface area contributed by atoms with E-state index in [1.807, 2.05) is 30.5 Å². The summed E-state index contributed by atoms with van der Waals surface area (Å²) in [6.45, 7) is 3.52. The number of pyridine rings is 1. The monoisotopic (exact) mass is 302 g/mol. The van der Waals surface area contributed by atoms with Crippen LogP contribution >= 0.6 is 0 Å². The van der Waals surface area contributed by atoms with Gasteiger partial charge in [-0.15, -0.1) is 0 Å². The predicted octanol–water partition coefficient (Wildman–Crippen LogP) is 3.27. The summed E-state index contributed by atoms with van der Waals surface area (Å²) in [5, 5.41) is 14.4. The van der Waals surface area contributed by atoms with Crippen LogP contribution in [0.25, 0.3) is 10.9 Å². The lowest BCUT2D eigenvalue weighted by Gasteiger charge is -2.13. The fraction of sp³-hybridized carbons (Fsp3) is 0.500. The van der Waals surface area contributed by atoms with E-state index in [2.05, 4.69) is 17.2 Å². The van der Waals surface area contributed by atoms with Gasteiger partial charge in [0.2, 0.25) is 0 Å². The van der Waals surface area contributed by atoms with Crippen molar-refractivity contribution in [3.63, 3.8) is 0 Å². The Bertz CT molecular complexity index is 586. The quantitative estimate of drug-likeness (QED) is 0.698. The Labute approximate surface area is 132 Å². The number of hydrogen-bond donors (Lipinski definition) is 2. The van der Waals surface area contributed by atoms with E-state index >= 15 is 0 Å². The molecule has 1 aromatic carbocycles. The third-order valence-electron chi connectivity index (χ3n) is 3.88. The van der Waals surface area contributed by atoms with Gasteiger partial charge in [0, 0.05) is 24.7 Å². The van der Waals surface area contributed by atoms with Gasteiger partial charge in [-0.25, -0.2) is 0 Å². The number of fused-ring (bicyclic) bond motifs is 1. The van der Waals surface area contributed by atoms with E-state index in [9.17, 15) is 5.11 Å². The Hall–Kier alpha value is -1.65. The van der Waals surface area contributed by atoms with Crippen molar-refractivity contribution in [2.45, 2.75) is 45.3 Å². The van der Waals surface area contributed by atoms with Gasteiger partial charge in [-0.05, 0) is 36.2 Å². The fourth-order valence-electron chi connectivity index (χ4n) is 2.57. The highest BCUT2D eigenvalue weighted by atomic mass is 16.5. The van der Waals surface area contributed by atoms with Gasteiger partial charge in [0.15, 0.2) is 0 Å². The van der Waals surface area contributed by atoms with E-state index in [-0.39, 0.29) is 6.10 Å². The van der Waals surface area contributed by atoms with Crippen molar-refractivity contribution >= 4 is 10.9 Å². The third kappa shape index (κ3) is 4.68. The van der Waals surface area contributed by atoms with Crippen LogP contribution in [0, 0.1) is 0 Å². The molecule has 0 aliphatic carbocycles. The van der Waals surface area contributed by atoms with Crippen LogP contribution in [0.15, 0.2) is 30.5 Å². The molecule has 0 spiro atoms. The Kier molecular flexibility index (Phi) is 6.62. The molecular weight excluding hydrogens is 276 g/mol. The number of nitrogens with zero attached hydrogens (tertiary/aromatic N) is 1. The molecule has 4 heteroatoms. The molecule has 0 saturated heterocycles. The van der Waals surface area contributed by atoms with Gasteiger partial charge in [0.1, 0.15) is 5.75 Å². The van der Waals surface area contributed by atoms with E-state index < -0.39 is 0 Å². The fourth-order valence-corrected chi connectivity index (χ4v) is 2.57. The Balaban J connectivity index is 1.93. The molecule has 4 nitrogen and oxygen atoms in total. The number of benzene rings is 1. The standard InChI is InChI=1S/C18H26N2O2/c1-3-4-5-6-15(21)13-19-12-14-9-10-20-18-8-7-16(22-2)11-17(14)18/h7-11,15,19,21H,3-6,12-13H2,1-2H3. The summed E-state index contributed by atoms with van der Waals surface area (Å²) in [7, 11) is 1.67. The van der Waals surface area contributed by atoms with Crippen LogP contribution in [0.1, 0.15) is 38.2 Å². The van der Waals surface area contributed by atoms with Crippen molar-refractivity contribution in [3.05, 3.63) is 36.0 Å². The molecule has 2 N–H and O–H groups in total. The third-order valence-corrected chi connectivity index (χ3v) is 3.88. The first kappa shape index (κ1) is 16.7. The van der Waals surface area contributed by atoms with E-state index in [1.165, 1.54) is 18.4 Å². The lowest BCUT2D eigenvalue weighted by atomic mass is 10.1. The summed E-state index contributed by atoms with van der Waals surface area (Å²) in [6, 6.07) is 7.91. The second-order valence-corrected chi connectivity index (χ2v) is 5.63. The van der Waals surface area contributed by atoms with E-state index in [1.54, 1.807) is 7.11 Å². The summed E-state index contributed by atoms with van der Waals surface area (Å²) < 4.78 is 5.29. The lowest BCUT2D eigenvalue weighted by Crippen LogP contribution is -2.26. The number of aromatic nitrogens is 1. The maximum Gasteiger partial charge on any atom is 0.119 e. The molecule has 1 unspecified atom stereocenters. The number of hydrogen-bond acceptors (Lipinski definition) is 4. The van der Waals surface area contributed by atoms with Gasteiger partial charge >= 0.3 is 0 Å². The van der Waals surface area contributed by atoms with Crippen LogP contribution in [0.3, 0.4) is 0 Å². The number of ether oxygens (including phenoxy) is 1. The molecule has 0 amide bonds. The summed E-state index contributed by atoms with van der Waals surface area (Å²) in [5.74, 6) is 0.835. The first-order chi connectivity index (χ1) is 10.7. The van der Waals surface area contributed by atoms with Crippen molar-refractivity contribution in [3.8, 4) is 5.75 Å². The van der Waals surface area contributed by atoms with E-state index in [0.717, 1.165) is 36.0 Å². The second-order valence-electron chi connectivity index (χ2n) is 5.63. The summed E-state index contributed by atoms with van der Waals surface area (Å²) in [4.78, 5) is 4.38. The van der Waals surface area contributed by atoms with Crippen molar-refractivity contribution in [1.82, 2.24) is 10.3 Å². The maximum atomic E-state index is 9.95. The number of aliphatic hydroxyl groups is 1. The van der Waals surface area contributed by atoms with Gasteiger partial charge < -0.3 is 15.2 Å². The molecule has 0 fully saturated rings. The van der Waals surface area contributed by atoms with E-state index in [4.69, 9.17) is 4.74 Å². The van der Waals surface area contributed by atoms with Crippen LogP contribution in [0.5, 0.6) is 5.75 Å². The average Bonchev–Trinajstić information content (AvgIpc) is 2.55. The predicted molar refractivity (Wildman–Crippen MR) is 90.2 cm³/mol. The number of unbranched alkanes of at least 4 members (excludes halogenated alkanes) is 2. The lowest BCUT2D eigenvalue weighted by molar-refractivity contribution is 0.158. The molecule has 0 aliphatic rings. The summed E-state index contributed by atoms with van der Waals surface area (Å²) in [6.07, 6.45) is 5.88. The number of methoxy groups -OCH3 is 1. The first-order valence-electron chi connectivity index (χ1n) is 8.05. The van der Waals surface area contributed by atoms with Crippen molar-refractivity contribution < 1.29 is 9.84 Å². The molecule has 2 aromatic rings. The van der Waals surface area contributed by atoms with E-state index in [0.29, 0.717) is 6.54 Å². The Morgan fingerprint density at radius 2 is 2.14 bits per heavy atom. The summed E-state index contributed by atoms with van der Waals surface area (Å²) in [5.41, 5.74) is 2.13. The number of nitrogens with one attached hydrogen (secondary N) is 1. The van der Waals surface area contributed by atoms with Gasteiger partial charge in [0.25, 0.3) is 0 Å². The highest BCUT2D eigenvalue weighted by Crippen LogP contribution is 2.22. The minimum Gasteiger partial charge on any atom is -0.497 e. The van der Waals surface area contributed by atoms with Crippen LogP contribution in [-0.2, 0) is 6.54 Å². The molecule has 0 saturated carbocycles. The zero-order chi connectivity index (χ0) is 15.8. The molecule has 120 valence electrons. The molecule has 1 atom stereocenters. The largest absolute Gasteiger partial charge is 0.497 e. The maximum absolute atomic E-state index is 9.95. The zero-order valence-corrected chi connectivity index (χ0v) is 13.5. The van der Waals surface area contributed by atoms with Gasteiger partial charge in [-0.1, -0.05) is 26.2 Å². The first-order valence-corrected chi connectivity index (χ1v) is 8.05. The second kappa shape index (κ2) is 8.71. The molecule has 0 radical (unpaired) electrons. The Morgan fingerprint density at radius 3 is 2.91 bits per heavy atom. The van der Waals surface area contributed by atoms with Crippen molar-refractivity contribution in [2.75, 3.05) is 13.7 Å². The molecule has 1 aromatic heterocycles. The molecular formula is C18H26N2O2. The smallest absolute Gasteiger partial charge is 0.119 e. The molecule has 0 aliphatic heterocycles. The molecule has 2 rings (SSSR count). The topological polar surface area (TPSA) is 54.4 Å². The van der Waals surface area contributed by atoms with Gasteiger partial charge in [0.05, 0.1) is 18.7 Å². The average molecular weight is 302 g/mol. The summed E-state index contributed by atoms with van der Waals surface area (Å²) >= 11 is 0. The number of rotatable bonds is 9. The van der Waals surface area contributed by atoms with Crippen LogP contribution in [-0.4, -0.2) is 29.8 Å². The molecule has 22 heavy (non-hydrogen) atoms. The minimum atomic E-state index is -0.269. The van der Waals surface area contributed by atoms with Crippen LogP contribution in [0.2, 0.25) is 0 Å². The van der Waals surface area contributed by atoms with Crippen molar-refractivity contribution in [2.24, 2.45) is 0 Å². The van der Waals surface area contributed by atoms with Crippen molar-refractivity contribution in [1.29, 1.82) is 0 Å². The van der Waals surface area contributed by atoms with Crippen LogP contribution < -0.4 is 10.1 Å². The van der Waals surface area contributed by atoms with Crippen LogP contribution in [0.4, 0.5) is 0 Å². The SMILES string of the molecule is CCCCCC(O)CNCc1ccnc2ccc(OC)cc12. The molecule has 1 heterocycles. The zero-order valence-electron chi connectivity index (χ0n) is 13.5. The molecule has 0 bridgehead atoms. The normalized spacial score (nSPS) is 12.5. The van der Waals surface area contributed by atoms with Gasteiger partial charge in [-0.2, -0.15) is 0 Å². The highest BCUT2D eigenvalue weighted by Gasteiger charge is 2.06.